The minimum atomic E-state index is -2.84. The van der Waals surface area contributed by atoms with Gasteiger partial charge in [-0.3, -0.25) is 29.8 Å². The molecule has 122 valence electrons. The van der Waals surface area contributed by atoms with Crippen LogP contribution < -0.4 is 0 Å². The highest BCUT2D eigenvalue weighted by Gasteiger charge is 2.55. The average molecular weight is 332 g/mol. The van der Waals surface area contributed by atoms with Gasteiger partial charge in [0.05, 0.1) is 21.8 Å². The lowest BCUT2D eigenvalue weighted by Gasteiger charge is -2.28. The Bertz CT molecular complexity index is 914. The Balaban J connectivity index is 2.38. The molecule has 0 aliphatic heterocycles. The van der Waals surface area contributed by atoms with Crippen LogP contribution in [0.4, 0.5) is 5.69 Å². The summed E-state index contributed by atoms with van der Waals surface area (Å²) in [5.41, 5.74) is -6.22. The summed E-state index contributed by atoms with van der Waals surface area (Å²) >= 11 is 0. The second-order valence-electron chi connectivity index (χ2n) is 5.24. The van der Waals surface area contributed by atoms with Crippen molar-refractivity contribution in [1.29, 1.82) is 0 Å². The molecule has 24 heavy (non-hydrogen) atoms. The van der Waals surface area contributed by atoms with Crippen molar-refractivity contribution in [3.63, 3.8) is 0 Å². The molecular formula is C14H8N2O8. The molecule has 2 aliphatic rings. The van der Waals surface area contributed by atoms with Gasteiger partial charge in [-0.05, 0) is 6.07 Å². The van der Waals surface area contributed by atoms with E-state index < -0.39 is 67.3 Å². The van der Waals surface area contributed by atoms with E-state index in [0.717, 1.165) is 24.3 Å². The summed E-state index contributed by atoms with van der Waals surface area (Å²) in [5.74, 6) is -2.97. The number of ketones is 2. The first-order valence-electron chi connectivity index (χ1n) is 6.58. The number of Topliss-reactive ketones (excluding diaryl/α,β-unsaturated/α-hetero) is 2. The van der Waals surface area contributed by atoms with E-state index in [4.69, 9.17) is 0 Å². The van der Waals surface area contributed by atoms with Crippen LogP contribution >= 0.6 is 0 Å². The molecule has 1 atom stereocenters. The number of benzene rings is 1. The van der Waals surface area contributed by atoms with Crippen LogP contribution in [0.1, 0.15) is 27.1 Å². The minimum Gasteiger partial charge on any atom is -0.507 e. The molecule has 0 aromatic heterocycles. The summed E-state index contributed by atoms with van der Waals surface area (Å²) in [7, 11) is 0. The number of carbonyl (C=O) groups is 2. The van der Waals surface area contributed by atoms with Crippen LogP contribution in [0.15, 0.2) is 35.4 Å². The van der Waals surface area contributed by atoms with Crippen molar-refractivity contribution in [3.05, 3.63) is 66.8 Å². The summed E-state index contributed by atoms with van der Waals surface area (Å²) in [6, 6.07) is 1.70. The van der Waals surface area contributed by atoms with E-state index in [-0.39, 0.29) is 0 Å². The van der Waals surface area contributed by atoms with E-state index in [1.165, 1.54) is 0 Å². The summed E-state index contributed by atoms with van der Waals surface area (Å²) in [6.45, 7) is 0. The predicted molar refractivity (Wildman–Crippen MR) is 76.1 cm³/mol. The Morgan fingerprint density at radius 3 is 2.33 bits per heavy atom. The van der Waals surface area contributed by atoms with Crippen LogP contribution in [0.3, 0.4) is 0 Å². The topological polar surface area (TPSA) is 161 Å². The molecule has 0 radical (unpaired) electrons. The number of hydrogen-bond acceptors (Lipinski definition) is 8. The Morgan fingerprint density at radius 1 is 1.08 bits per heavy atom. The predicted octanol–water partition coefficient (Wildman–Crippen LogP) is 0.901. The summed E-state index contributed by atoms with van der Waals surface area (Å²) in [4.78, 5) is 45.5. The van der Waals surface area contributed by atoms with Gasteiger partial charge >= 0.3 is 5.72 Å². The molecule has 0 heterocycles. The number of nitro benzene ring substituents is 1. The molecule has 3 rings (SSSR count). The van der Waals surface area contributed by atoms with Crippen molar-refractivity contribution < 1.29 is 29.6 Å². The largest absolute Gasteiger partial charge is 0.507 e. The fourth-order valence-corrected chi connectivity index (χ4v) is 2.85. The van der Waals surface area contributed by atoms with Crippen LogP contribution in [-0.2, 0) is 0 Å². The normalized spacial score (nSPS) is 22.2. The quantitative estimate of drug-likeness (QED) is 0.458. The van der Waals surface area contributed by atoms with Crippen LogP contribution in [0.2, 0.25) is 0 Å². The second-order valence-corrected chi connectivity index (χ2v) is 5.24. The molecule has 0 saturated heterocycles. The first kappa shape index (κ1) is 15.5. The molecule has 1 unspecified atom stereocenters. The second kappa shape index (κ2) is 4.80. The van der Waals surface area contributed by atoms with Gasteiger partial charge in [0, 0.05) is 11.6 Å². The van der Waals surface area contributed by atoms with Crippen LogP contribution in [0, 0.1) is 20.2 Å². The maximum atomic E-state index is 12.6. The van der Waals surface area contributed by atoms with E-state index in [1.807, 2.05) is 0 Å². The zero-order valence-electron chi connectivity index (χ0n) is 11.8. The Hall–Kier alpha value is -3.40. The number of nitrogens with zero attached hydrogens (tertiary/aromatic N) is 2. The average Bonchev–Trinajstić information content (AvgIpc) is 2.51. The minimum absolute atomic E-state index is 0.494. The van der Waals surface area contributed by atoms with Crippen molar-refractivity contribution in [2.45, 2.75) is 12.1 Å². The number of aromatic hydroxyl groups is 1. The third kappa shape index (κ3) is 1.80. The van der Waals surface area contributed by atoms with E-state index in [0.29, 0.717) is 0 Å². The van der Waals surface area contributed by atoms with Gasteiger partial charge in [-0.25, -0.2) is 0 Å². The molecule has 2 aliphatic carbocycles. The number of fused-ring (bicyclic) bond motifs is 1. The third-order valence-corrected chi connectivity index (χ3v) is 3.94. The molecule has 0 bridgehead atoms. The maximum Gasteiger partial charge on any atom is 0.357 e. The van der Waals surface area contributed by atoms with Crippen molar-refractivity contribution in [1.82, 2.24) is 0 Å². The van der Waals surface area contributed by atoms with Crippen molar-refractivity contribution in [2.75, 3.05) is 0 Å². The number of aliphatic hydroxyl groups is 1. The number of phenolic OH excluding ortho intramolecular Hbond substituents is 1. The maximum absolute atomic E-state index is 12.6. The van der Waals surface area contributed by atoms with Crippen molar-refractivity contribution in [3.8, 4) is 5.75 Å². The molecule has 0 saturated carbocycles. The highest BCUT2D eigenvalue weighted by Crippen LogP contribution is 2.43. The van der Waals surface area contributed by atoms with Gasteiger partial charge in [-0.1, -0.05) is 12.2 Å². The number of hydrogen-bond donors (Lipinski definition) is 2. The Kier molecular flexibility index (Phi) is 3.10. The zero-order valence-corrected chi connectivity index (χ0v) is 11.8. The first-order chi connectivity index (χ1) is 11.2. The van der Waals surface area contributed by atoms with E-state index in [2.05, 4.69) is 0 Å². The molecule has 0 fully saturated rings. The summed E-state index contributed by atoms with van der Waals surface area (Å²) < 4.78 is 0. The highest BCUT2D eigenvalue weighted by atomic mass is 16.7. The monoisotopic (exact) mass is 332 g/mol. The van der Waals surface area contributed by atoms with Crippen molar-refractivity contribution >= 4 is 17.3 Å². The molecule has 0 spiro atoms. The van der Waals surface area contributed by atoms with Crippen LogP contribution in [0.5, 0.6) is 5.75 Å². The molecule has 1 aromatic carbocycles. The standard InChI is InChI=1S/C14H8N2O8/c17-8-4-3-7(15(21)22)9-10(8)13(19)11-6(12(9)18)2-1-5-14(11,20)16(23)24/h1-4,17,20H,5H2. The van der Waals surface area contributed by atoms with Gasteiger partial charge in [0.1, 0.15) is 16.9 Å². The van der Waals surface area contributed by atoms with Gasteiger partial charge < -0.3 is 10.2 Å². The molecule has 10 nitrogen and oxygen atoms in total. The lowest BCUT2D eigenvalue weighted by Crippen LogP contribution is -2.46. The van der Waals surface area contributed by atoms with E-state index >= 15 is 0 Å². The molecule has 10 heteroatoms. The zero-order chi connectivity index (χ0) is 17.8. The summed E-state index contributed by atoms with van der Waals surface area (Å²) in [5, 5.41) is 42.4. The van der Waals surface area contributed by atoms with Gasteiger partial charge in [-0.2, -0.15) is 0 Å². The fourth-order valence-electron chi connectivity index (χ4n) is 2.85. The summed E-state index contributed by atoms with van der Waals surface area (Å²) in [6.07, 6.45) is 1.68. The van der Waals surface area contributed by atoms with E-state index in [9.17, 15) is 40.0 Å². The number of rotatable bonds is 2. The molecule has 0 amide bonds. The fraction of sp³-hybridized carbons (Fsp3) is 0.143. The smallest absolute Gasteiger partial charge is 0.357 e. The van der Waals surface area contributed by atoms with Crippen LogP contribution in [-0.4, -0.2) is 37.4 Å². The van der Waals surface area contributed by atoms with Gasteiger partial charge in [0.15, 0.2) is 0 Å². The molecular weight excluding hydrogens is 324 g/mol. The van der Waals surface area contributed by atoms with Crippen LogP contribution in [0.25, 0.3) is 0 Å². The lowest BCUT2D eigenvalue weighted by molar-refractivity contribution is -0.609. The SMILES string of the molecule is O=C1C2=C(C=CCC2(O)[N+](=O)[O-])C(=O)c2c([N+](=O)[O-])ccc(O)c21. The third-order valence-electron chi connectivity index (χ3n) is 3.94. The highest BCUT2D eigenvalue weighted by molar-refractivity contribution is 6.31. The van der Waals surface area contributed by atoms with Gasteiger partial charge in [0.2, 0.25) is 11.6 Å². The van der Waals surface area contributed by atoms with Gasteiger partial charge in [0.25, 0.3) is 5.69 Å². The number of phenols is 1. The molecule has 2 N–H and O–H groups in total. The Morgan fingerprint density at radius 2 is 1.75 bits per heavy atom. The number of carbonyl (C=O) groups excluding carboxylic acids is 2. The first-order valence-corrected chi connectivity index (χ1v) is 6.58. The lowest BCUT2D eigenvalue weighted by atomic mass is 9.75. The number of nitro groups is 2. The van der Waals surface area contributed by atoms with Gasteiger partial charge in [-0.15, -0.1) is 0 Å². The molecule has 1 aromatic rings. The van der Waals surface area contributed by atoms with E-state index in [1.54, 1.807) is 0 Å². The Labute approximate surface area is 132 Å². The van der Waals surface area contributed by atoms with Crippen molar-refractivity contribution in [2.24, 2.45) is 0 Å². The number of allylic oxidation sites excluding steroid dienone is 2.